The Bertz CT molecular complexity index is 634. The molecular formula is C14H11BrClF4NO. The maximum absolute atomic E-state index is 13.5. The van der Waals surface area contributed by atoms with Crippen molar-refractivity contribution < 1.29 is 22.3 Å². The summed E-state index contributed by atoms with van der Waals surface area (Å²) in [5.41, 5.74) is 7.03. The Morgan fingerprint density at radius 2 is 1.55 bits per heavy atom. The van der Waals surface area contributed by atoms with E-state index in [0.717, 1.165) is 12.1 Å². The lowest BCUT2D eigenvalue weighted by Gasteiger charge is -2.14. The number of nitrogens with two attached hydrogens (primary N) is 1. The van der Waals surface area contributed by atoms with Crippen LogP contribution in [0.3, 0.4) is 0 Å². The number of halogens is 6. The number of rotatable bonds is 3. The molecule has 2 rings (SSSR count). The fourth-order valence-corrected chi connectivity index (χ4v) is 2.02. The molecule has 0 aromatic heterocycles. The molecule has 0 bridgehead atoms. The molecule has 120 valence electrons. The summed E-state index contributed by atoms with van der Waals surface area (Å²) >= 11 is 3.03. The molecule has 0 spiro atoms. The van der Waals surface area contributed by atoms with Crippen LogP contribution in [0.15, 0.2) is 46.9 Å². The second kappa shape index (κ2) is 7.30. The van der Waals surface area contributed by atoms with Gasteiger partial charge in [0.15, 0.2) is 0 Å². The number of ether oxygens (including phenoxy) is 1. The number of benzene rings is 2. The first-order valence-electron chi connectivity index (χ1n) is 5.82. The van der Waals surface area contributed by atoms with Crippen LogP contribution in [0.1, 0.15) is 17.2 Å². The first kappa shape index (κ1) is 18.7. The molecule has 0 unspecified atom stereocenters. The van der Waals surface area contributed by atoms with Gasteiger partial charge in [0, 0.05) is 0 Å². The normalized spacial score (nSPS) is 12.5. The minimum absolute atomic E-state index is 0. The molecule has 2 aromatic rings. The summed E-state index contributed by atoms with van der Waals surface area (Å²) in [5, 5.41) is 0. The van der Waals surface area contributed by atoms with Gasteiger partial charge >= 0.3 is 6.36 Å². The Labute approximate surface area is 138 Å². The van der Waals surface area contributed by atoms with Crippen molar-refractivity contribution in [3.8, 4) is 5.75 Å². The van der Waals surface area contributed by atoms with E-state index in [9.17, 15) is 17.6 Å². The van der Waals surface area contributed by atoms with E-state index in [1.54, 1.807) is 6.07 Å². The average Bonchev–Trinajstić information content (AvgIpc) is 2.40. The van der Waals surface area contributed by atoms with Gasteiger partial charge in [-0.25, -0.2) is 4.39 Å². The van der Waals surface area contributed by atoms with Crippen LogP contribution in [-0.4, -0.2) is 6.36 Å². The predicted octanol–water partition coefficient (Wildman–Crippen LogP) is 4.96. The van der Waals surface area contributed by atoms with Crippen LogP contribution in [0, 0.1) is 5.82 Å². The van der Waals surface area contributed by atoms with Crippen LogP contribution in [-0.2, 0) is 0 Å². The van der Waals surface area contributed by atoms with E-state index in [4.69, 9.17) is 5.73 Å². The molecule has 0 aliphatic carbocycles. The third-order valence-electron chi connectivity index (χ3n) is 2.78. The standard InChI is InChI=1S/C14H10BrF4NO.ClH/c15-11-6-3-9(7-12(11)16)13(20)8-1-4-10(5-2-8)21-14(17,18)19;/h1-7,13H,20H2;1H/t13-;/m0./s1. The van der Waals surface area contributed by atoms with Gasteiger partial charge in [0.25, 0.3) is 0 Å². The third kappa shape index (κ3) is 4.86. The topological polar surface area (TPSA) is 35.2 Å². The molecule has 0 amide bonds. The van der Waals surface area contributed by atoms with Crippen molar-refractivity contribution in [3.05, 3.63) is 63.9 Å². The molecule has 2 N–H and O–H groups in total. The Balaban J connectivity index is 0.00000242. The summed E-state index contributed by atoms with van der Waals surface area (Å²) in [4.78, 5) is 0. The van der Waals surface area contributed by atoms with Crippen molar-refractivity contribution in [1.29, 1.82) is 0 Å². The zero-order valence-electron chi connectivity index (χ0n) is 10.9. The first-order chi connectivity index (χ1) is 9.76. The largest absolute Gasteiger partial charge is 0.573 e. The van der Waals surface area contributed by atoms with E-state index in [0.29, 0.717) is 15.6 Å². The maximum Gasteiger partial charge on any atom is 0.573 e. The highest BCUT2D eigenvalue weighted by molar-refractivity contribution is 9.10. The first-order valence-corrected chi connectivity index (χ1v) is 6.62. The van der Waals surface area contributed by atoms with E-state index in [-0.39, 0.29) is 18.2 Å². The van der Waals surface area contributed by atoms with E-state index < -0.39 is 18.2 Å². The fraction of sp³-hybridized carbons (Fsp3) is 0.143. The SMILES string of the molecule is Cl.N[C@@H](c1ccc(OC(F)(F)F)cc1)c1ccc(Br)c(F)c1. The number of hydrogen-bond acceptors (Lipinski definition) is 2. The van der Waals surface area contributed by atoms with Crippen molar-refractivity contribution in [2.45, 2.75) is 12.4 Å². The molecule has 0 heterocycles. The summed E-state index contributed by atoms with van der Waals surface area (Å²) in [6, 6.07) is 8.93. The van der Waals surface area contributed by atoms with Crippen LogP contribution < -0.4 is 10.5 Å². The van der Waals surface area contributed by atoms with Crippen molar-refractivity contribution in [2.75, 3.05) is 0 Å². The molecule has 2 aromatic carbocycles. The fourth-order valence-electron chi connectivity index (χ4n) is 1.78. The van der Waals surface area contributed by atoms with Crippen molar-refractivity contribution in [2.24, 2.45) is 5.73 Å². The van der Waals surface area contributed by atoms with E-state index >= 15 is 0 Å². The van der Waals surface area contributed by atoms with Crippen LogP contribution >= 0.6 is 28.3 Å². The van der Waals surface area contributed by atoms with Crippen molar-refractivity contribution in [1.82, 2.24) is 0 Å². The highest BCUT2D eigenvalue weighted by Gasteiger charge is 2.31. The van der Waals surface area contributed by atoms with Gasteiger partial charge in [-0.15, -0.1) is 25.6 Å². The average molecular weight is 401 g/mol. The minimum Gasteiger partial charge on any atom is -0.406 e. The van der Waals surface area contributed by atoms with E-state index in [1.165, 1.54) is 24.3 Å². The smallest absolute Gasteiger partial charge is 0.406 e. The molecule has 1 atom stereocenters. The number of hydrogen-bond donors (Lipinski definition) is 1. The molecule has 22 heavy (non-hydrogen) atoms. The van der Waals surface area contributed by atoms with Gasteiger partial charge < -0.3 is 10.5 Å². The summed E-state index contributed by atoms with van der Waals surface area (Å²) in [6.07, 6.45) is -4.74. The molecule has 0 fully saturated rings. The lowest BCUT2D eigenvalue weighted by Crippen LogP contribution is -2.17. The van der Waals surface area contributed by atoms with Gasteiger partial charge in [0.05, 0.1) is 10.5 Å². The van der Waals surface area contributed by atoms with Crippen LogP contribution in [0.2, 0.25) is 0 Å². The Morgan fingerprint density at radius 3 is 2.05 bits per heavy atom. The summed E-state index contributed by atoms with van der Waals surface area (Å²) in [6.45, 7) is 0. The molecule has 0 aliphatic heterocycles. The van der Waals surface area contributed by atoms with Crippen LogP contribution in [0.4, 0.5) is 17.6 Å². The lowest BCUT2D eigenvalue weighted by molar-refractivity contribution is -0.274. The highest BCUT2D eigenvalue weighted by Crippen LogP contribution is 2.27. The van der Waals surface area contributed by atoms with Gasteiger partial charge in [-0.05, 0) is 51.3 Å². The van der Waals surface area contributed by atoms with Gasteiger partial charge in [-0.2, -0.15) is 0 Å². The number of alkyl halides is 3. The van der Waals surface area contributed by atoms with Crippen molar-refractivity contribution >= 4 is 28.3 Å². The Morgan fingerprint density at radius 1 is 1.00 bits per heavy atom. The summed E-state index contributed by atoms with van der Waals surface area (Å²) in [5.74, 6) is -0.791. The summed E-state index contributed by atoms with van der Waals surface area (Å²) in [7, 11) is 0. The minimum atomic E-state index is -4.74. The lowest BCUT2D eigenvalue weighted by atomic mass is 9.99. The van der Waals surface area contributed by atoms with E-state index in [1.807, 2.05) is 0 Å². The van der Waals surface area contributed by atoms with Gasteiger partial charge in [0.2, 0.25) is 0 Å². The second-order valence-electron chi connectivity index (χ2n) is 4.27. The molecule has 0 saturated heterocycles. The van der Waals surface area contributed by atoms with Gasteiger partial charge in [-0.3, -0.25) is 0 Å². The van der Waals surface area contributed by atoms with Crippen LogP contribution in [0.5, 0.6) is 5.75 Å². The molecule has 8 heteroatoms. The molecule has 0 saturated carbocycles. The highest BCUT2D eigenvalue weighted by atomic mass is 79.9. The quantitative estimate of drug-likeness (QED) is 0.740. The predicted molar refractivity (Wildman–Crippen MR) is 80.5 cm³/mol. The second-order valence-corrected chi connectivity index (χ2v) is 5.12. The third-order valence-corrected chi connectivity index (χ3v) is 3.42. The van der Waals surface area contributed by atoms with Crippen molar-refractivity contribution in [3.63, 3.8) is 0 Å². The van der Waals surface area contributed by atoms with Gasteiger partial charge in [0.1, 0.15) is 11.6 Å². The molecule has 0 radical (unpaired) electrons. The maximum atomic E-state index is 13.5. The molecule has 2 nitrogen and oxygen atoms in total. The molecular weight excluding hydrogens is 390 g/mol. The zero-order valence-corrected chi connectivity index (χ0v) is 13.3. The monoisotopic (exact) mass is 399 g/mol. The van der Waals surface area contributed by atoms with Crippen LogP contribution in [0.25, 0.3) is 0 Å². The Hall–Kier alpha value is -1.31. The van der Waals surface area contributed by atoms with Gasteiger partial charge in [-0.1, -0.05) is 18.2 Å². The summed E-state index contributed by atoms with van der Waals surface area (Å²) < 4.78 is 53.7. The zero-order chi connectivity index (χ0) is 15.6. The Kier molecular flexibility index (Phi) is 6.22. The molecule has 0 aliphatic rings. The van der Waals surface area contributed by atoms with E-state index in [2.05, 4.69) is 20.7 Å².